The predicted octanol–water partition coefficient (Wildman–Crippen LogP) is 4.37. The van der Waals surface area contributed by atoms with Crippen LogP contribution >= 0.6 is 0 Å². The maximum absolute atomic E-state index is 13.4. The van der Waals surface area contributed by atoms with Gasteiger partial charge in [0.1, 0.15) is 0 Å². The van der Waals surface area contributed by atoms with Gasteiger partial charge in [-0.25, -0.2) is 8.42 Å². The number of benzene rings is 2. The molecule has 3 rings (SSSR count). The van der Waals surface area contributed by atoms with Crippen LogP contribution in [0.2, 0.25) is 0 Å². The molecule has 1 fully saturated rings. The fourth-order valence-corrected chi connectivity index (χ4v) is 5.80. The van der Waals surface area contributed by atoms with E-state index in [0.29, 0.717) is 0 Å². The normalized spacial score (nSPS) is 23.0. The second-order valence-corrected chi connectivity index (χ2v) is 9.17. The van der Waals surface area contributed by atoms with Crippen molar-refractivity contribution in [1.82, 2.24) is 0 Å². The summed E-state index contributed by atoms with van der Waals surface area (Å²) < 4.78 is 32.1. The van der Waals surface area contributed by atoms with Gasteiger partial charge in [0.15, 0.2) is 15.1 Å². The number of unbranched alkanes of at least 4 members (excludes halogenated alkanes) is 2. The average Bonchev–Trinajstić information content (AvgIpc) is 2.70. The lowest BCUT2D eigenvalue weighted by Crippen LogP contribution is -2.46. The molecule has 2 aromatic rings. The first kappa shape index (κ1) is 19.6. The van der Waals surface area contributed by atoms with Gasteiger partial charge in [0, 0.05) is 11.8 Å². The van der Waals surface area contributed by atoms with Crippen LogP contribution in [0.1, 0.15) is 44.1 Å². The van der Waals surface area contributed by atoms with Crippen LogP contribution < -0.4 is 0 Å². The minimum Gasteiger partial charge on any atom is -0.464 e. The lowest BCUT2D eigenvalue weighted by molar-refractivity contribution is -0.150. The molecule has 0 N–H and O–H groups in total. The first-order valence-electron chi connectivity index (χ1n) is 9.56. The minimum absolute atomic E-state index is 0.000127. The molecule has 0 bridgehead atoms. The van der Waals surface area contributed by atoms with Crippen molar-refractivity contribution in [3.63, 3.8) is 0 Å². The Kier molecular flexibility index (Phi) is 6.32. The molecule has 2 aromatic carbocycles. The van der Waals surface area contributed by atoms with Gasteiger partial charge < -0.3 is 4.74 Å². The minimum atomic E-state index is -3.85. The molecule has 0 amide bonds. The molecule has 144 valence electrons. The number of carbonyl (C=O) groups excluding carboxylic acids is 1. The summed E-state index contributed by atoms with van der Waals surface area (Å²) >= 11 is 0. The zero-order chi connectivity index (χ0) is 19.3. The van der Waals surface area contributed by atoms with Crippen molar-refractivity contribution in [3.8, 4) is 0 Å². The number of carbonyl (C=O) groups is 1. The molecule has 0 aromatic heterocycles. The van der Waals surface area contributed by atoms with Crippen LogP contribution in [-0.4, -0.2) is 26.2 Å². The predicted molar refractivity (Wildman–Crippen MR) is 105 cm³/mol. The smallest absolute Gasteiger partial charge is 0.325 e. The maximum Gasteiger partial charge on any atom is 0.325 e. The standard InChI is InChI=1S/C22H26O4S/c1-2-3-6-13-18-16-26-22(23)21(20(18)17-11-7-4-8-12-17)27(24,25)19-14-9-5-10-15-19/h4-5,7-12,14-15,18,20-21H,2-3,6,13,16H2,1H3/t18-,20+,21-/m0/s1. The Labute approximate surface area is 161 Å². The number of cyclic esters (lactones) is 1. The monoisotopic (exact) mass is 386 g/mol. The van der Waals surface area contributed by atoms with Crippen LogP contribution in [0.3, 0.4) is 0 Å². The van der Waals surface area contributed by atoms with E-state index < -0.39 is 27.0 Å². The molecule has 0 aliphatic carbocycles. The summed E-state index contributed by atoms with van der Waals surface area (Å²) in [5.74, 6) is -1.03. The highest BCUT2D eigenvalue weighted by Crippen LogP contribution is 2.40. The fraction of sp³-hybridized carbons (Fsp3) is 0.409. The van der Waals surface area contributed by atoms with Gasteiger partial charge in [-0.2, -0.15) is 0 Å². The third-order valence-corrected chi connectivity index (χ3v) is 7.36. The van der Waals surface area contributed by atoms with E-state index in [0.717, 1.165) is 31.2 Å². The van der Waals surface area contributed by atoms with Crippen molar-refractivity contribution >= 4 is 15.8 Å². The Morgan fingerprint density at radius 1 is 0.963 bits per heavy atom. The summed E-state index contributed by atoms with van der Waals surface area (Å²) in [5.41, 5.74) is 0.889. The van der Waals surface area contributed by atoms with Gasteiger partial charge in [-0.05, 0) is 24.1 Å². The highest BCUT2D eigenvalue weighted by atomic mass is 32.2. The number of esters is 1. The van der Waals surface area contributed by atoms with Crippen molar-refractivity contribution in [1.29, 1.82) is 0 Å². The summed E-state index contributed by atoms with van der Waals surface area (Å²) in [4.78, 5) is 12.8. The third-order valence-electron chi connectivity index (χ3n) is 5.27. The van der Waals surface area contributed by atoms with E-state index in [1.54, 1.807) is 30.3 Å². The summed E-state index contributed by atoms with van der Waals surface area (Å²) in [6.07, 6.45) is 4.03. The van der Waals surface area contributed by atoms with Gasteiger partial charge in [-0.15, -0.1) is 0 Å². The van der Waals surface area contributed by atoms with E-state index in [1.807, 2.05) is 30.3 Å². The zero-order valence-electron chi connectivity index (χ0n) is 15.6. The summed E-state index contributed by atoms with van der Waals surface area (Å²) in [6, 6.07) is 17.7. The van der Waals surface area contributed by atoms with Gasteiger partial charge in [-0.1, -0.05) is 74.7 Å². The van der Waals surface area contributed by atoms with Crippen LogP contribution in [0.4, 0.5) is 0 Å². The average molecular weight is 387 g/mol. The molecule has 1 aliphatic rings. The van der Waals surface area contributed by atoms with Crippen LogP contribution in [0.5, 0.6) is 0 Å². The van der Waals surface area contributed by atoms with Crippen molar-refractivity contribution in [2.75, 3.05) is 6.61 Å². The Morgan fingerprint density at radius 2 is 1.59 bits per heavy atom. The van der Waals surface area contributed by atoms with E-state index in [4.69, 9.17) is 4.74 Å². The Morgan fingerprint density at radius 3 is 2.22 bits per heavy atom. The van der Waals surface area contributed by atoms with Crippen LogP contribution in [0.15, 0.2) is 65.6 Å². The lowest BCUT2D eigenvalue weighted by atomic mass is 9.79. The van der Waals surface area contributed by atoms with Crippen molar-refractivity contribution in [3.05, 3.63) is 66.2 Å². The van der Waals surface area contributed by atoms with Crippen molar-refractivity contribution in [2.45, 2.75) is 48.7 Å². The molecule has 3 atom stereocenters. The molecular weight excluding hydrogens is 360 g/mol. The van der Waals surface area contributed by atoms with Crippen LogP contribution in [0.25, 0.3) is 0 Å². The molecule has 27 heavy (non-hydrogen) atoms. The number of ether oxygens (including phenoxy) is 1. The third kappa shape index (κ3) is 4.24. The molecule has 1 aliphatic heterocycles. The van der Waals surface area contributed by atoms with Crippen LogP contribution in [-0.2, 0) is 19.4 Å². The van der Waals surface area contributed by atoms with E-state index >= 15 is 0 Å². The highest BCUT2D eigenvalue weighted by Gasteiger charge is 2.48. The van der Waals surface area contributed by atoms with E-state index in [1.165, 1.54) is 0 Å². The second-order valence-electron chi connectivity index (χ2n) is 7.10. The van der Waals surface area contributed by atoms with Crippen molar-refractivity contribution in [2.24, 2.45) is 5.92 Å². The van der Waals surface area contributed by atoms with Gasteiger partial charge in [0.2, 0.25) is 0 Å². The molecule has 0 unspecified atom stereocenters. The van der Waals surface area contributed by atoms with Gasteiger partial charge >= 0.3 is 5.97 Å². The van der Waals surface area contributed by atoms with Crippen LogP contribution in [0, 0.1) is 5.92 Å². The molecule has 5 heteroatoms. The van der Waals surface area contributed by atoms with Gasteiger partial charge in [-0.3, -0.25) is 4.79 Å². The summed E-state index contributed by atoms with van der Waals surface area (Å²) in [7, 11) is -3.85. The molecule has 0 saturated carbocycles. The molecule has 1 saturated heterocycles. The van der Waals surface area contributed by atoms with E-state index in [2.05, 4.69) is 6.92 Å². The molecule has 4 nitrogen and oxygen atoms in total. The Balaban J connectivity index is 2.03. The fourth-order valence-electron chi connectivity index (χ4n) is 3.89. The second kappa shape index (κ2) is 8.70. The maximum atomic E-state index is 13.4. The number of hydrogen-bond acceptors (Lipinski definition) is 4. The first-order chi connectivity index (χ1) is 13.1. The number of sulfone groups is 1. The number of hydrogen-bond donors (Lipinski definition) is 0. The van der Waals surface area contributed by atoms with Gasteiger partial charge in [0.05, 0.1) is 11.5 Å². The molecule has 0 radical (unpaired) electrons. The topological polar surface area (TPSA) is 60.4 Å². The van der Waals surface area contributed by atoms with E-state index in [-0.39, 0.29) is 17.4 Å². The largest absolute Gasteiger partial charge is 0.464 e. The Hall–Kier alpha value is -2.14. The quantitative estimate of drug-likeness (QED) is 0.524. The summed E-state index contributed by atoms with van der Waals surface area (Å²) in [5, 5.41) is -1.21. The van der Waals surface area contributed by atoms with Gasteiger partial charge in [0.25, 0.3) is 0 Å². The van der Waals surface area contributed by atoms with E-state index in [9.17, 15) is 13.2 Å². The van der Waals surface area contributed by atoms with Crippen molar-refractivity contribution < 1.29 is 17.9 Å². The molecular formula is C22H26O4S. The Bertz CT molecular complexity index is 846. The lowest BCUT2D eigenvalue weighted by Gasteiger charge is -2.37. The molecule has 0 spiro atoms. The zero-order valence-corrected chi connectivity index (χ0v) is 16.4. The molecule has 1 heterocycles. The summed E-state index contributed by atoms with van der Waals surface area (Å²) in [6.45, 7) is 2.42. The highest BCUT2D eigenvalue weighted by molar-refractivity contribution is 7.92. The number of rotatable bonds is 7. The first-order valence-corrected chi connectivity index (χ1v) is 11.1. The SMILES string of the molecule is CCCCC[C@H]1COC(=O)[C@@H](S(=O)(=O)c2ccccc2)[C@@H]1c1ccccc1.